The fraction of sp³-hybridized carbons (Fsp3) is 0.500. The highest BCUT2D eigenvalue weighted by atomic mass is 16.2. The molecule has 3 atom stereocenters. The lowest BCUT2D eigenvalue weighted by Gasteiger charge is -2.45. The number of piperidine rings is 1. The maximum absolute atomic E-state index is 13.4. The predicted octanol–water partition coefficient (Wildman–Crippen LogP) is 4.22. The zero-order valence-corrected chi connectivity index (χ0v) is 17.1. The summed E-state index contributed by atoms with van der Waals surface area (Å²) in [5.74, 6) is 0.584. The molecule has 2 heterocycles. The van der Waals surface area contributed by atoms with Gasteiger partial charge < -0.3 is 5.32 Å². The van der Waals surface area contributed by atoms with E-state index >= 15 is 0 Å². The first-order valence-electron chi connectivity index (χ1n) is 10.9. The summed E-state index contributed by atoms with van der Waals surface area (Å²) in [7, 11) is 0. The number of fused-ring (bicyclic) bond motifs is 2. The van der Waals surface area contributed by atoms with Gasteiger partial charge in [-0.05, 0) is 60.9 Å². The molecule has 5 heteroatoms. The third kappa shape index (κ3) is 3.12. The summed E-state index contributed by atoms with van der Waals surface area (Å²) in [4.78, 5) is 30.1. The summed E-state index contributed by atoms with van der Waals surface area (Å²) in [6.45, 7) is 3.22. The molecule has 152 valence electrons. The summed E-state index contributed by atoms with van der Waals surface area (Å²) in [6, 6.07) is 14.3. The van der Waals surface area contributed by atoms with Crippen molar-refractivity contribution in [2.45, 2.75) is 57.0 Å². The normalized spacial score (nSPS) is 30.4. The van der Waals surface area contributed by atoms with Crippen molar-refractivity contribution >= 4 is 22.7 Å². The largest absolute Gasteiger partial charge is 0.326 e. The van der Waals surface area contributed by atoms with Gasteiger partial charge in [-0.1, -0.05) is 49.2 Å². The molecule has 0 unspecified atom stereocenters. The van der Waals surface area contributed by atoms with E-state index in [1.54, 1.807) is 0 Å². The van der Waals surface area contributed by atoms with Crippen LogP contribution in [0.1, 0.15) is 51.0 Å². The van der Waals surface area contributed by atoms with Crippen LogP contribution in [0.15, 0.2) is 42.5 Å². The number of urea groups is 1. The van der Waals surface area contributed by atoms with E-state index in [2.05, 4.69) is 16.3 Å². The van der Waals surface area contributed by atoms with Crippen LogP contribution in [0.2, 0.25) is 0 Å². The molecule has 0 spiro atoms. The van der Waals surface area contributed by atoms with Crippen LogP contribution >= 0.6 is 0 Å². The molecule has 0 bridgehead atoms. The Morgan fingerprint density at radius 2 is 1.76 bits per heavy atom. The number of hydrogen-bond donors (Lipinski definition) is 1. The second-order valence-corrected chi connectivity index (χ2v) is 9.06. The van der Waals surface area contributed by atoms with Gasteiger partial charge in [0.05, 0.1) is 6.67 Å². The lowest BCUT2D eigenvalue weighted by molar-refractivity contribution is -0.133. The first kappa shape index (κ1) is 18.6. The Morgan fingerprint density at radius 3 is 2.62 bits per heavy atom. The van der Waals surface area contributed by atoms with Gasteiger partial charge >= 0.3 is 6.03 Å². The third-order valence-electron chi connectivity index (χ3n) is 7.28. The number of nitrogens with zero attached hydrogens (tertiary/aromatic N) is 2. The van der Waals surface area contributed by atoms with Crippen LogP contribution in [0.4, 0.5) is 4.79 Å². The lowest BCUT2D eigenvalue weighted by atomic mass is 9.78. The van der Waals surface area contributed by atoms with Gasteiger partial charge in [0, 0.05) is 12.6 Å². The highest BCUT2D eigenvalue weighted by molar-refractivity contribution is 6.07. The Morgan fingerprint density at radius 1 is 1.00 bits per heavy atom. The van der Waals surface area contributed by atoms with Crippen molar-refractivity contribution in [1.29, 1.82) is 0 Å². The molecule has 29 heavy (non-hydrogen) atoms. The SMILES string of the molecule is C[C@]1(c2ccc3ccccc3c2)NC(=O)N(CN2CCC[C@H]3CCCC[C@H]32)C1=O. The van der Waals surface area contributed by atoms with Crippen molar-refractivity contribution in [3.05, 3.63) is 48.0 Å². The number of carbonyl (C=O) groups excluding carboxylic acids is 2. The van der Waals surface area contributed by atoms with Crippen molar-refractivity contribution in [3.8, 4) is 0 Å². The van der Waals surface area contributed by atoms with Gasteiger partial charge in [-0.3, -0.25) is 9.69 Å². The molecule has 0 radical (unpaired) electrons. The van der Waals surface area contributed by atoms with Gasteiger partial charge in [-0.2, -0.15) is 0 Å². The highest BCUT2D eigenvalue weighted by Crippen LogP contribution is 2.36. The first-order valence-corrected chi connectivity index (χ1v) is 10.9. The van der Waals surface area contributed by atoms with Crippen LogP contribution in [-0.4, -0.2) is 41.0 Å². The van der Waals surface area contributed by atoms with E-state index in [1.165, 1.54) is 37.0 Å². The molecule has 0 aromatic heterocycles. The maximum atomic E-state index is 13.4. The average Bonchev–Trinajstić information content (AvgIpc) is 2.97. The molecule has 5 nitrogen and oxygen atoms in total. The quantitative estimate of drug-likeness (QED) is 0.797. The summed E-state index contributed by atoms with van der Waals surface area (Å²) < 4.78 is 0. The minimum Gasteiger partial charge on any atom is -0.319 e. The van der Waals surface area contributed by atoms with Crippen molar-refractivity contribution < 1.29 is 9.59 Å². The molecule has 1 N–H and O–H groups in total. The van der Waals surface area contributed by atoms with E-state index in [1.807, 2.05) is 43.3 Å². The average molecular weight is 392 g/mol. The van der Waals surface area contributed by atoms with E-state index in [9.17, 15) is 9.59 Å². The first-order chi connectivity index (χ1) is 14.1. The summed E-state index contributed by atoms with van der Waals surface area (Å²) in [6.07, 6.45) is 7.50. The number of rotatable bonds is 3. The predicted molar refractivity (Wildman–Crippen MR) is 113 cm³/mol. The van der Waals surface area contributed by atoms with Crippen LogP contribution < -0.4 is 5.32 Å². The van der Waals surface area contributed by atoms with Crippen molar-refractivity contribution in [2.75, 3.05) is 13.2 Å². The zero-order valence-electron chi connectivity index (χ0n) is 17.1. The van der Waals surface area contributed by atoms with Crippen molar-refractivity contribution in [3.63, 3.8) is 0 Å². The molecule has 5 rings (SSSR count). The minimum atomic E-state index is -1.01. The van der Waals surface area contributed by atoms with Gasteiger partial charge in [0.25, 0.3) is 5.91 Å². The fourth-order valence-electron chi connectivity index (χ4n) is 5.61. The van der Waals surface area contributed by atoms with E-state index in [-0.39, 0.29) is 11.9 Å². The van der Waals surface area contributed by atoms with E-state index in [0.29, 0.717) is 12.7 Å². The van der Waals surface area contributed by atoms with E-state index < -0.39 is 5.54 Å². The summed E-state index contributed by atoms with van der Waals surface area (Å²) >= 11 is 0. The molecular formula is C24H29N3O2. The van der Waals surface area contributed by atoms with Gasteiger partial charge in [0.15, 0.2) is 0 Å². The zero-order chi connectivity index (χ0) is 20.0. The number of amides is 3. The molecule has 2 aliphatic heterocycles. The highest BCUT2D eigenvalue weighted by Gasteiger charge is 2.50. The number of nitrogens with one attached hydrogen (secondary N) is 1. The number of hydrogen-bond acceptors (Lipinski definition) is 3. The molecule has 3 fully saturated rings. The van der Waals surface area contributed by atoms with Gasteiger partial charge in [0.2, 0.25) is 0 Å². The van der Waals surface area contributed by atoms with E-state index in [4.69, 9.17) is 0 Å². The van der Waals surface area contributed by atoms with Crippen molar-refractivity contribution in [2.24, 2.45) is 5.92 Å². The molecule has 1 aliphatic carbocycles. The Labute approximate surface area is 172 Å². The lowest BCUT2D eigenvalue weighted by Crippen LogP contribution is -2.52. The topological polar surface area (TPSA) is 52.7 Å². The molecule has 1 saturated carbocycles. The molecule has 2 saturated heterocycles. The Balaban J connectivity index is 1.40. The van der Waals surface area contributed by atoms with Crippen molar-refractivity contribution in [1.82, 2.24) is 15.1 Å². The van der Waals surface area contributed by atoms with Gasteiger partial charge in [-0.25, -0.2) is 9.69 Å². The Kier molecular flexibility index (Phi) is 4.58. The fourth-order valence-corrected chi connectivity index (χ4v) is 5.61. The number of benzene rings is 2. The number of likely N-dealkylation sites (tertiary alicyclic amines) is 1. The molecular weight excluding hydrogens is 362 g/mol. The maximum Gasteiger partial charge on any atom is 0.326 e. The smallest absolute Gasteiger partial charge is 0.319 e. The standard InChI is InChI=1S/C24H29N3O2/c1-24(20-13-12-17-7-2-3-9-19(17)15-20)22(28)27(23(29)25-24)16-26-14-6-10-18-8-4-5-11-21(18)26/h2-3,7,9,12-13,15,18,21H,4-6,8,10-11,14,16H2,1H3,(H,25,29)/t18-,21-,24-/m1/s1. The van der Waals surface area contributed by atoms with Crippen LogP contribution in [0.25, 0.3) is 10.8 Å². The number of carbonyl (C=O) groups is 2. The van der Waals surface area contributed by atoms with Crippen LogP contribution in [0.5, 0.6) is 0 Å². The second-order valence-electron chi connectivity index (χ2n) is 9.06. The number of imide groups is 1. The minimum absolute atomic E-state index is 0.143. The monoisotopic (exact) mass is 391 g/mol. The van der Waals surface area contributed by atoms with Crippen LogP contribution in [0.3, 0.4) is 0 Å². The molecule has 2 aromatic rings. The Hall–Kier alpha value is -2.40. The second kappa shape index (κ2) is 7.13. The van der Waals surface area contributed by atoms with Crippen LogP contribution in [0, 0.1) is 5.92 Å². The van der Waals surface area contributed by atoms with Crippen LogP contribution in [-0.2, 0) is 10.3 Å². The van der Waals surface area contributed by atoms with E-state index in [0.717, 1.165) is 35.2 Å². The molecule has 3 aliphatic rings. The van der Waals surface area contributed by atoms with Gasteiger partial charge in [-0.15, -0.1) is 0 Å². The third-order valence-corrected chi connectivity index (χ3v) is 7.28. The summed E-state index contributed by atoms with van der Waals surface area (Å²) in [5.41, 5.74) is -0.172. The van der Waals surface area contributed by atoms with Gasteiger partial charge in [0.1, 0.15) is 5.54 Å². The Bertz CT molecular complexity index is 956. The summed E-state index contributed by atoms with van der Waals surface area (Å²) in [5, 5.41) is 5.19. The molecule has 3 amide bonds. The molecule has 2 aromatic carbocycles.